The molecule has 0 bridgehead atoms. The number of nitrogens with two attached hydrogens (primary N) is 1. The molecule has 2 rings (SSSR count). The Balaban J connectivity index is 2.12. The maximum atomic E-state index is 6.06. The van der Waals surface area contributed by atoms with Crippen LogP contribution in [0.4, 0.5) is 5.69 Å². The van der Waals surface area contributed by atoms with Crippen molar-refractivity contribution in [3.8, 4) is 0 Å². The van der Waals surface area contributed by atoms with Gasteiger partial charge in [-0.25, -0.2) is 0 Å². The lowest BCUT2D eigenvalue weighted by molar-refractivity contribution is 0.572. The third-order valence-electron chi connectivity index (χ3n) is 3.08. The summed E-state index contributed by atoms with van der Waals surface area (Å²) in [5, 5.41) is 0. The van der Waals surface area contributed by atoms with E-state index in [2.05, 4.69) is 23.0 Å². The van der Waals surface area contributed by atoms with Gasteiger partial charge in [-0.05, 0) is 31.4 Å². The Hall–Kier alpha value is -1.09. The Morgan fingerprint density at radius 3 is 2.93 bits per heavy atom. The summed E-state index contributed by atoms with van der Waals surface area (Å²) in [5.41, 5.74) is 7.22. The van der Waals surface area contributed by atoms with Gasteiger partial charge in [0.2, 0.25) is 0 Å². The first kappa shape index (κ1) is 9.46. The molecule has 1 saturated carbocycles. The van der Waals surface area contributed by atoms with Crippen molar-refractivity contribution in [1.82, 2.24) is 4.98 Å². The second-order valence-corrected chi connectivity index (χ2v) is 3.98. The van der Waals surface area contributed by atoms with Crippen LogP contribution >= 0.6 is 0 Å². The molecule has 0 spiro atoms. The van der Waals surface area contributed by atoms with E-state index in [4.69, 9.17) is 5.73 Å². The molecule has 0 amide bonds. The summed E-state index contributed by atoms with van der Waals surface area (Å²) in [5.74, 6) is 0. The van der Waals surface area contributed by atoms with E-state index in [-0.39, 0.29) is 0 Å². The average Bonchev–Trinajstić information content (AvgIpc) is 2.65. The fourth-order valence-corrected chi connectivity index (χ4v) is 2.20. The highest BCUT2D eigenvalue weighted by Crippen LogP contribution is 2.25. The van der Waals surface area contributed by atoms with E-state index in [9.17, 15) is 0 Å². The summed E-state index contributed by atoms with van der Waals surface area (Å²) >= 11 is 0. The summed E-state index contributed by atoms with van der Waals surface area (Å²) in [6, 6.07) is 4.85. The molecule has 1 heterocycles. The first-order valence-electron chi connectivity index (χ1n) is 5.17. The van der Waals surface area contributed by atoms with E-state index in [0.29, 0.717) is 12.1 Å². The molecule has 1 aromatic heterocycles. The maximum absolute atomic E-state index is 6.06. The topological polar surface area (TPSA) is 42.2 Å². The predicted molar refractivity (Wildman–Crippen MR) is 58.3 cm³/mol. The molecule has 1 aliphatic rings. The van der Waals surface area contributed by atoms with E-state index in [1.807, 2.05) is 12.3 Å². The first-order valence-corrected chi connectivity index (χ1v) is 5.17. The van der Waals surface area contributed by atoms with Crippen molar-refractivity contribution in [2.45, 2.75) is 31.3 Å². The monoisotopic (exact) mass is 191 g/mol. The molecule has 1 fully saturated rings. The first-order chi connectivity index (χ1) is 6.79. The van der Waals surface area contributed by atoms with Gasteiger partial charge in [0, 0.05) is 25.3 Å². The Morgan fingerprint density at radius 2 is 2.36 bits per heavy atom. The zero-order valence-corrected chi connectivity index (χ0v) is 8.56. The molecule has 1 aliphatic carbocycles. The molecular weight excluding hydrogens is 174 g/mol. The van der Waals surface area contributed by atoms with Crippen molar-refractivity contribution in [1.29, 1.82) is 0 Å². The summed E-state index contributed by atoms with van der Waals surface area (Å²) in [4.78, 5) is 6.37. The summed E-state index contributed by atoms with van der Waals surface area (Å²) < 4.78 is 0. The van der Waals surface area contributed by atoms with Crippen LogP contribution in [0.15, 0.2) is 24.5 Å². The SMILES string of the molecule is CN(c1cccnc1)C1CCCC1N. The lowest BCUT2D eigenvalue weighted by Crippen LogP contribution is -2.42. The van der Waals surface area contributed by atoms with E-state index in [0.717, 1.165) is 12.1 Å². The minimum Gasteiger partial charge on any atom is -0.369 e. The third-order valence-corrected chi connectivity index (χ3v) is 3.08. The smallest absolute Gasteiger partial charge is 0.0553 e. The number of hydrogen-bond donors (Lipinski definition) is 1. The zero-order chi connectivity index (χ0) is 9.97. The van der Waals surface area contributed by atoms with Gasteiger partial charge in [0.05, 0.1) is 11.9 Å². The molecule has 0 saturated heterocycles. The van der Waals surface area contributed by atoms with Crippen LogP contribution < -0.4 is 10.6 Å². The van der Waals surface area contributed by atoms with Crippen molar-refractivity contribution in [3.63, 3.8) is 0 Å². The lowest BCUT2D eigenvalue weighted by atomic mass is 10.1. The molecule has 2 N–H and O–H groups in total. The molecule has 3 nitrogen and oxygen atoms in total. The van der Waals surface area contributed by atoms with E-state index < -0.39 is 0 Å². The van der Waals surface area contributed by atoms with Gasteiger partial charge in [-0.2, -0.15) is 0 Å². The number of rotatable bonds is 2. The quantitative estimate of drug-likeness (QED) is 0.768. The molecule has 0 aromatic carbocycles. The van der Waals surface area contributed by atoms with Crippen LogP contribution in [0.25, 0.3) is 0 Å². The second-order valence-electron chi connectivity index (χ2n) is 3.98. The number of likely N-dealkylation sites (N-methyl/N-ethyl adjacent to an activating group) is 1. The Bertz CT molecular complexity index is 286. The summed E-state index contributed by atoms with van der Waals surface area (Å²) in [7, 11) is 2.10. The molecule has 14 heavy (non-hydrogen) atoms. The van der Waals surface area contributed by atoms with Gasteiger partial charge in [0.1, 0.15) is 0 Å². The summed E-state index contributed by atoms with van der Waals surface area (Å²) in [6.07, 6.45) is 7.29. The lowest BCUT2D eigenvalue weighted by Gasteiger charge is -2.29. The van der Waals surface area contributed by atoms with E-state index in [1.165, 1.54) is 12.8 Å². The average molecular weight is 191 g/mol. The minimum atomic E-state index is 0.320. The van der Waals surface area contributed by atoms with Gasteiger partial charge in [0.25, 0.3) is 0 Å². The normalized spacial score (nSPS) is 26.4. The highest BCUT2D eigenvalue weighted by molar-refractivity contribution is 5.44. The van der Waals surface area contributed by atoms with Crippen LogP contribution in [0.3, 0.4) is 0 Å². The number of anilines is 1. The zero-order valence-electron chi connectivity index (χ0n) is 8.56. The van der Waals surface area contributed by atoms with Crippen LogP contribution in [0.2, 0.25) is 0 Å². The number of pyridine rings is 1. The molecule has 1 aromatic rings. The standard InChI is InChI=1S/C11H17N3/c1-14(9-4-3-7-13-8-9)11-6-2-5-10(11)12/h3-4,7-8,10-11H,2,5-6,12H2,1H3. The molecule has 0 radical (unpaired) electrons. The third kappa shape index (κ3) is 1.73. The van der Waals surface area contributed by atoms with Gasteiger partial charge in [-0.1, -0.05) is 0 Å². The van der Waals surface area contributed by atoms with Gasteiger partial charge in [-0.3, -0.25) is 4.98 Å². The molecule has 76 valence electrons. The molecule has 0 aliphatic heterocycles. The van der Waals surface area contributed by atoms with Crippen molar-refractivity contribution < 1.29 is 0 Å². The highest BCUT2D eigenvalue weighted by atomic mass is 15.2. The molecule has 2 unspecified atom stereocenters. The van der Waals surface area contributed by atoms with Crippen LogP contribution in [-0.4, -0.2) is 24.1 Å². The largest absolute Gasteiger partial charge is 0.369 e. The molecule has 2 atom stereocenters. The van der Waals surface area contributed by atoms with E-state index >= 15 is 0 Å². The van der Waals surface area contributed by atoms with Crippen molar-refractivity contribution >= 4 is 5.69 Å². The van der Waals surface area contributed by atoms with E-state index in [1.54, 1.807) is 6.20 Å². The van der Waals surface area contributed by atoms with Gasteiger partial charge in [-0.15, -0.1) is 0 Å². The summed E-state index contributed by atoms with van der Waals surface area (Å²) in [6.45, 7) is 0. The highest BCUT2D eigenvalue weighted by Gasteiger charge is 2.27. The van der Waals surface area contributed by atoms with Gasteiger partial charge in [0.15, 0.2) is 0 Å². The minimum absolute atomic E-state index is 0.320. The fourth-order valence-electron chi connectivity index (χ4n) is 2.20. The Kier molecular flexibility index (Phi) is 2.68. The maximum Gasteiger partial charge on any atom is 0.0553 e. The van der Waals surface area contributed by atoms with Crippen molar-refractivity contribution in [2.24, 2.45) is 5.73 Å². The second kappa shape index (κ2) is 3.96. The predicted octanol–water partition coefficient (Wildman–Crippen LogP) is 1.40. The Labute approximate surface area is 84.9 Å². The number of hydrogen-bond acceptors (Lipinski definition) is 3. The van der Waals surface area contributed by atoms with Crippen LogP contribution in [-0.2, 0) is 0 Å². The Morgan fingerprint density at radius 1 is 1.50 bits per heavy atom. The van der Waals surface area contributed by atoms with Gasteiger partial charge >= 0.3 is 0 Å². The van der Waals surface area contributed by atoms with Gasteiger partial charge < -0.3 is 10.6 Å². The van der Waals surface area contributed by atoms with Crippen LogP contribution in [0.1, 0.15) is 19.3 Å². The van der Waals surface area contributed by atoms with Crippen LogP contribution in [0.5, 0.6) is 0 Å². The molecule has 3 heteroatoms. The van der Waals surface area contributed by atoms with Crippen LogP contribution in [0, 0.1) is 0 Å². The van der Waals surface area contributed by atoms with Crippen molar-refractivity contribution in [2.75, 3.05) is 11.9 Å². The number of aromatic nitrogens is 1. The fraction of sp³-hybridized carbons (Fsp3) is 0.545. The van der Waals surface area contributed by atoms with Crippen molar-refractivity contribution in [3.05, 3.63) is 24.5 Å². The number of nitrogens with zero attached hydrogens (tertiary/aromatic N) is 2. The molecular formula is C11H17N3.